The van der Waals surface area contributed by atoms with Crippen LogP contribution in [0.3, 0.4) is 0 Å². The molecule has 7 heteroatoms. The van der Waals surface area contributed by atoms with Crippen LogP contribution in [0.4, 0.5) is 5.69 Å². The van der Waals surface area contributed by atoms with E-state index in [0.717, 1.165) is 45.0 Å². The number of amides is 2. The zero-order chi connectivity index (χ0) is 23.0. The molecule has 0 aromatic heterocycles. The van der Waals surface area contributed by atoms with Crippen LogP contribution in [0.15, 0.2) is 72.8 Å². The number of morpholine rings is 1. The standard InChI is InChI=1S/C26H27N3O4/c27-25(30)20-3-9-23(10-4-20)33-24-11-5-21(6-12-24)26(31)28-22-7-1-19(2-8-22)13-14-29-15-17-32-18-16-29/h1-12H,13-18H2,(H2,27,30)(H,28,31). The van der Waals surface area contributed by atoms with Crippen LogP contribution in [0, 0.1) is 0 Å². The zero-order valence-electron chi connectivity index (χ0n) is 18.3. The molecule has 0 unspecified atom stereocenters. The van der Waals surface area contributed by atoms with Gasteiger partial charge in [0, 0.05) is 36.4 Å². The van der Waals surface area contributed by atoms with Gasteiger partial charge in [0.05, 0.1) is 13.2 Å². The Labute approximate surface area is 193 Å². The third-order valence-corrected chi connectivity index (χ3v) is 5.52. The van der Waals surface area contributed by atoms with Gasteiger partial charge in [0.2, 0.25) is 5.91 Å². The number of carbonyl (C=O) groups excluding carboxylic acids is 2. The van der Waals surface area contributed by atoms with Crippen molar-refractivity contribution < 1.29 is 19.1 Å². The summed E-state index contributed by atoms with van der Waals surface area (Å²) < 4.78 is 11.1. The molecule has 2 amide bonds. The molecule has 1 saturated heterocycles. The highest BCUT2D eigenvalue weighted by molar-refractivity contribution is 6.04. The number of nitrogens with one attached hydrogen (secondary N) is 1. The molecule has 4 rings (SSSR count). The highest BCUT2D eigenvalue weighted by atomic mass is 16.5. The SMILES string of the molecule is NC(=O)c1ccc(Oc2ccc(C(=O)Nc3ccc(CCN4CCOCC4)cc3)cc2)cc1. The number of carbonyl (C=O) groups is 2. The lowest BCUT2D eigenvalue weighted by Gasteiger charge is -2.26. The van der Waals surface area contributed by atoms with Crippen LogP contribution in [0.1, 0.15) is 26.3 Å². The summed E-state index contributed by atoms with van der Waals surface area (Å²) >= 11 is 0. The minimum absolute atomic E-state index is 0.187. The minimum atomic E-state index is -0.487. The summed E-state index contributed by atoms with van der Waals surface area (Å²) in [6, 6.07) is 21.4. The minimum Gasteiger partial charge on any atom is -0.457 e. The second kappa shape index (κ2) is 10.8. The van der Waals surface area contributed by atoms with Crippen LogP contribution >= 0.6 is 0 Å². The molecule has 3 aromatic rings. The van der Waals surface area contributed by atoms with Crippen molar-refractivity contribution in [2.75, 3.05) is 38.2 Å². The van der Waals surface area contributed by atoms with E-state index in [-0.39, 0.29) is 5.91 Å². The lowest BCUT2D eigenvalue weighted by molar-refractivity contribution is 0.0384. The lowest BCUT2D eigenvalue weighted by atomic mass is 10.1. The molecule has 3 aromatic carbocycles. The maximum absolute atomic E-state index is 12.6. The molecule has 0 aliphatic carbocycles. The third-order valence-electron chi connectivity index (χ3n) is 5.52. The fraction of sp³-hybridized carbons (Fsp3) is 0.231. The van der Waals surface area contributed by atoms with Gasteiger partial charge < -0.3 is 20.5 Å². The van der Waals surface area contributed by atoms with Gasteiger partial charge in [0.15, 0.2) is 0 Å². The van der Waals surface area contributed by atoms with Crippen molar-refractivity contribution in [1.82, 2.24) is 4.90 Å². The highest BCUT2D eigenvalue weighted by Gasteiger charge is 2.10. The van der Waals surface area contributed by atoms with E-state index < -0.39 is 5.91 Å². The van der Waals surface area contributed by atoms with Crippen molar-refractivity contribution >= 4 is 17.5 Å². The smallest absolute Gasteiger partial charge is 0.255 e. The van der Waals surface area contributed by atoms with Crippen LogP contribution in [0.2, 0.25) is 0 Å². The number of nitrogens with two attached hydrogens (primary N) is 1. The van der Waals surface area contributed by atoms with Crippen LogP contribution in [0.5, 0.6) is 11.5 Å². The molecular weight excluding hydrogens is 418 g/mol. The normalized spacial score (nSPS) is 13.9. The number of benzene rings is 3. The molecule has 1 aliphatic heterocycles. The molecule has 1 fully saturated rings. The quantitative estimate of drug-likeness (QED) is 0.551. The molecule has 0 bridgehead atoms. The second-order valence-corrected chi connectivity index (χ2v) is 7.87. The topological polar surface area (TPSA) is 93.9 Å². The molecular formula is C26H27N3O4. The average molecular weight is 446 g/mol. The van der Waals surface area contributed by atoms with Crippen molar-refractivity contribution in [3.8, 4) is 11.5 Å². The Morgan fingerprint density at radius 1 is 0.848 bits per heavy atom. The van der Waals surface area contributed by atoms with Crippen molar-refractivity contribution in [3.05, 3.63) is 89.5 Å². The summed E-state index contributed by atoms with van der Waals surface area (Å²) in [5.74, 6) is 0.488. The maximum atomic E-state index is 12.6. The summed E-state index contributed by atoms with van der Waals surface area (Å²) in [5, 5.41) is 2.93. The molecule has 0 spiro atoms. The van der Waals surface area contributed by atoms with E-state index in [2.05, 4.69) is 22.3 Å². The summed E-state index contributed by atoms with van der Waals surface area (Å²) in [6.07, 6.45) is 0.973. The summed E-state index contributed by atoms with van der Waals surface area (Å²) in [4.78, 5) is 26.1. The number of anilines is 1. The van der Waals surface area contributed by atoms with Gasteiger partial charge in [-0.2, -0.15) is 0 Å². The predicted octanol–water partition coefficient (Wildman–Crippen LogP) is 3.70. The van der Waals surface area contributed by atoms with Crippen molar-refractivity contribution in [2.24, 2.45) is 5.73 Å². The molecule has 1 aliphatic rings. The van der Waals surface area contributed by atoms with Gasteiger partial charge in [0.25, 0.3) is 5.91 Å². The number of hydrogen-bond donors (Lipinski definition) is 2. The number of primary amides is 1. The Kier molecular flexibility index (Phi) is 7.34. The molecule has 7 nitrogen and oxygen atoms in total. The molecule has 3 N–H and O–H groups in total. The van der Waals surface area contributed by atoms with Crippen molar-refractivity contribution in [3.63, 3.8) is 0 Å². The van der Waals surface area contributed by atoms with E-state index in [1.54, 1.807) is 48.5 Å². The average Bonchev–Trinajstić information content (AvgIpc) is 2.85. The molecule has 1 heterocycles. The molecule has 0 radical (unpaired) electrons. The zero-order valence-corrected chi connectivity index (χ0v) is 18.3. The Balaban J connectivity index is 1.28. The maximum Gasteiger partial charge on any atom is 0.255 e. The number of hydrogen-bond acceptors (Lipinski definition) is 5. The van der Waals surface area contributed by atoms with Crippen molar-refractivity contribution in [1.29, 1.82) is 0 Å². The van der Waals surface area contributed by atoms with E-state index in [9.17, 15) is 9.59 Å². The molecule has 170 valence electrons. The lowest BCUT2D eigenvalue weighted by Crippen LogP contribution is -2.37. The first-order valence-corrected chi connectivity index (χ1v) is 10.9. The van der Waals surface area contributed by atoms with Gasteiger partial charge >= 0.3 is 0 Å². The first-order chi connectivity index (χ1) is 16.1. The summed E-state index contributed by atoms with van der Waals surface area (Å²) in [5.41, 5.74) is 8.18. The number of nitrogens with zero attached hydrogens (tertiary/aromatic N) is 1. The predicted molar refractivity (Wildman–Crippen MR) is 127 cm³/mol. The van der Waals surface area contributed by atoms with E-state index in [1.165, 1.54) is 5.56 Å². The first-order valence-electron chi connectivity index (χ1n) is 10.9. The summed E-state index contributed by atoms with van der Waals surface area (Å²) in [7, 11) is 0. The van der Waals surface area contributed by atoms with Crippen LogP contribution < -0.4 is 15.8 Å². The van der Waals surface area contributed by atoms with E-state index in [0.29, 0.717) is 22.6 Å². The van der Waals surface area contributed by atoms with Gasteiger partial charge in [-0.3, -0.25) is 14.5 Å². The Morgan fingerprint density at radius 3 is 2.00 bits per heavy atom. The Bertz CT molecular complexity index is 1070. The Morgan fingerprint density at radius 2 is 1.42 bits per heavy atom. The Hall–Kier alpha value is -3.68. The summed E-state index contributed by atoms with van der Waals surface area (Å²) in [6.45, 7) is 4.60. The fourth-order valence-electron chi connectivity index (χ4n) is 3.57. The van der Waals surface area contributed by atoms with Crippen LogP contribution in [0.25, 0.3) is 0 Å². The highest BCUT2D eigenvalue weighted by Crippen LogP contribution is 2.22. The van der Waals surface area contributed by atoms with E-state index in [1.807, 2.05) is 12.1 Å². The second-order valence-electron chi connectivity index (χ2n) is 7.87. The van der Waals surface area contributed by atoms with Gasteiger partial charge in [-0.1, -0.05) is 12.1 Å². The molecule has 0 saturated carbocycles. The van der Waals surface area contributed by atoms with Gasteiger partial charge in [-0.25, -0.2) is 0 Å². The number of rotatable bonds is 8. The third kappa shape index (κ3) is 6.41. The van der Waals surface area contributed by atoms with Crippen molar-refractivity contribution in [2.45, 2.75) is 6.42 Å². The van der Waals surface area contributed by atoms with Crippen LogP contribution in [-0.4, -0.2) is 49.6 Å². The van der Waals surface area contributed by atoms with Gasteiger partial charge in [-0.15, -0.1) is 0 Å². The van der Waals surface area contributed by atoms with E-state index in [4.69, 9.17) is 15.2 Å². The number of ether oxygens (including phenoxy) is 2. The van der Waals surface area contributed by atoms with Gasteiger partial charge in [-0.05, 0) is 72.6 Å². The largest absolute Gasteiger partial charge is 0.457 e. The van der Waals surface area contributed by atoms with Gasteiger partial charge in [0.1, 0.15) is 11.5 Å². The van der Waals surface area contributed by atoms with Crippen LogP contribution in [-0.2, 0) is 11.2 Å². The fourth-order valence-corrected chi connectivity index (χ4v) is 3.57. The molecule has 33 heavy (non-hydrogen) atoms. The first kappa shape index (κ1) is 22.5. The van der Waals surface area contributed by atoms with E-state index >= 15 is 0 Å². The monoisotopic (exact) mass is 445 g/mol. The molecule has 0 atom stereocenters.